The number of alkyl carbamates (subject to hydrolysis) is 1. The Morgan fingerprint density at radius 1 is 1.03 bits per heavy atom. The average molecular weight is 469 g/mol. The van der Waals surface area contributed by atoms with E-state index < -0.39 is 48.8 Å². The molecule has 0 saturated carbocycles. The molecule has 0 atom stereocenters. The van der Waals surface area contributed by atoms with E-state index in [9.17, 15) is 24.4 Å². The van der Waals surface area contributed by atoms with Crippen molar-refractivity contribution in [2.75, 3.05) is 31.2 Å². The zero-order chi connectivity index (χ0) is 25.5. The maximum Gasteiger partial charge on any atom is 0.415 e. The van der Waals surface area contributed by atoms with Crippen molar-refractivity contribution in [2.45, 2.75) is 19.9 Å². The summed E-state index contributed by atoms with van der Waals surface area (Å²) in [6, 6.07) is 7.84. The molecule has 0 spiro atoms. The number of amides is 1. The van der Waals surface area contributed by atoms with Crippen LogP contribution in [0.3, 0.4) is 0 Å². The van der Waals surface area contributed by atoms with Crippen molar-refractivity contribution >= 4 is 35.8 Å². The van der Waals surface area contributed by atoms with Crippen LogP contribution in [-0.2, 0) is 28.6 Å². The Labute approximate surface area is 198 Å². The van der Waals surface area contributed by atoms with Crippen molar-refractivity contribution in [3.05, 3.63) is 60.7 Å². The standard InChI is InChI=1S/C24H27N3O7/c1-5-21(28)32-15-19(16-33-22(29)6-2)26-24(31)34-23(30)18(14-25)13-17-9-11-20(12-10-17)27(7-3)8-4/h5-6,9-13,19H,1-2,7-8,15-16H2,3-4H3,(H,26,31). The second kappa shape index (κ2) is 14.6. The van der Waals surface area contributed by atoms with Crippen molar-refractivity contribution < 1.29 is 33.4 Å². The molecule has 1 aromatic rings. The molecule has 10 heteroatoms. The minimum Gasteiger partial charge on any atom is -0.460 e. The smallest absolute Gasteiger partial charge is 0.415 e. The summed E-state index contributed by atoms with van der Waals surface area (Å²) in [5.74, 6) is -2.72. The lowest BCUT2D eigenvalue weighted by molar-refractivity contribution is -0.142. The Hall–Kier alpha value is -4.39. The van der Waals surface area contributed by atoms with Crippen molar-refractivity contribution in [1.29, 1.82) is 5.26 Å². The first-order chi connectivity index (χ1) is 16.3. The molecule has 0 saturated heterocycles. The van der Waals surface area contributed by atoms with Gasteiger partial charge in [-0.3, -0.25) is 0 Å². The van der Waals surface area contributed by atoms with Crippen LogP contribution in [0.25, 0.3) is 6.08 Å². The Balaban J connectivity index is 2.83. The first-order valence-corrected chi connectivity index (χ1v) is 10.4. The molecule has 0 heterocycles. The zero-order valence-electron chi connectivity index (χ0n) is 19.1. The predicted molar refractivity (Wildman–Crippen MR) is 124 cm³/mol. The summed E-state index contributed by atoms with van der Waals surface area (Å²) in [6.45, 7) is 11.4. The molecule has 34 heavy (non-hydrogen) atoms. The number of rotatable bonds is 12. The molecule has 0 aliphatic heterocycles. The van der Waals surface area contributed by atoms with Crippen molar-refractivity contribution in [3.63, 3.8) is 0 Å². The lowest BCUT2D eigenvalue weighted by atomic mass is 10.1. The molecule has 0 aliphatic rings. The average Bonchev–Trinajstić information content (AvgIpc) is 2.84. The van der Waals surface area contributed by atoms with Gasteiger partial charge >= 0.3 is 24.0 Å². The van der Waals surface area contributed by atoms with E-state index in [0.29, 0.717) is 5.56 Å². The highest BCUT2D eigenvalue weighted by atomic mass is 16.6. The quantitative estimate of drug-likeness (QED) is 0.161. The van der Waals surface area contributed by atoms with E-state index in [-0.39, 0.29) is 0 Å². The lowest BCUT2D eigenvalue weighted by Gasteiger charge is -2.20. The van der Waals surface area contributed by atoms with E-state index >= 15 is 0 Å². The third-order valence-corrected chi connectivity index (χ3v) is 4.37. The number of hydrogen-bond acceptors (Lipinski definition) is 9. The van der Waals surface area contributed by atoms with Gasteiger partial charge in [0.25, 0.3) is 0 Å². The highest BCUT2D eigenvalue weighted by molar-refractivity contribution is 6.02. The summed E-state index contributed by atoms with van der Waals surface area (Å²) >= 11 is 0. The number of carbonyl (C=O) groups is 4. The van der Waals surface area contributed by atoms with Gasteiger partial charge in [-0.25, -0.2) is 19.2 Å². The van der Waals surface area contributed by atoms with E-state index in [1.54, 1.807) is 18.2 Å². The third-order valence-electron chi connectivity index (χ3n) is 4.37. The van der Waals surface area contributed by atoms with E-state index in [1.165, 1.54) is 6.08 Å². The predicted octanol–water partition coefficient (Wildman–Crippen LogP) is 2.52. The summed E-state index contributed by atoms with van der Waals surface area (Å²) in [5, 5.41) is 11.6. The van der Waals surface area contributed by atoms with Crippen molar-refractivity contribution in [1.82, 2.24) is 5.32 Å². The molecule has 180 valence electrons. The summed E-state index contributed by atoms with van der Waals surface area (Å²) in [4.78, 5) is 49.1. The number of ether oxygens (including phenoxy) is 3. The van der Waals surface area contributed by atoms with Gasteiger partial charge in [0, 0.05) is 30.9 Å². The van der Waals surface area contributed by atoms with Crippen molar-refractivity contribution in [2.24, 2.45) is 0 Å². The molecule has 0 aliphatic carbocycles. The van der Waals surface area contributed by atoms with Gasteiger partial charge in [0.15, 0.2) is 0 Å². The lowest BCUT2D eigenvalue weighted by Crippen LogP contribution is -2.43. The molecule has 0 aromatic heterocycles. The van der Waals surface area contributed by atoms with Crippen LogP contribution in [0.1, 0.15) is 19.4 Å². The summed E-state index contributed by atoms with van der Waals surface area (Å²) in [5.41, 5.74) is 1.15. The van der Waals surface area contributed by atoms with Crippen LogP contribution in [-0.4, -0.2) is 56.3 Å². The first-order valence-electron chi connectivity index (χ1n) is 10.4. The molecule has 1 amide bonds. The largest absolute Gasteiger partial charge is 0.460 e. The summed E-state index contributed by atoms with van der Waals surface area (Å²) in [7, 11) is 0. The van der Waals surface area contributed by atoms with Gasteiger partial charge in [-0.05, 0) is 37.6 Å². The number of hydrogen-bond donors (Lipinski definition) is 1. The maximum atomic E-state index is 12.3. The van der Waals surface area contributed by atoms with Crippen molar-refractivity contribution in [3.8, 4) is 6.07 Å². The second-order valence-corrected chi connectivity index (χ2v) is 6.62. The van der Waals surface area contributed by atoms with Gasteiger partial charge in [0.05, 0.1) is 0 Å². The highest BCUT2D eigenvalue weighted by Crippen LogP contribution is 2.17. The first kappa shape index (κ1) is 27.6. The van der Waals surface area contributed by atoms with E-state index in [4.69, 9.17) is 9.47 Å². The molecule has 0 radical (unpaired) electrons. The van der Waals surface area contributed by atoms with Gasteiger partial charge in [-0.2, -0.15) is 5.26 Å². The molecule has 0 fully saturated rings. The number of carbonyl (C=O) groups excluding carboxylic acids is 4. The fourth-order valence-corrected chi connectivity index (χ4v) is 2.62. The van der Waals surface area contributed by atoms with Gasteiger partial charge in [-0.15, -0.1) is 0 Å². The van der Waals surface area contributed by atoms with Crippen LogP contribution in [0.2, 0.25) is 0 Å². The van der Waals surface area contributed by atoms with E-state index in [0.717, 1.165) is 30.9 Å². The monoisotopic (exact) mass is 469 g/mol. The molecule has 0 bridgehead atoms. The highest BCUT2D eigenvalue weighted by Gasteiger charge is 2.21. The molecule has 10 nitrogen and oxygen atoms in total. The molecule has 0 unspecified atom stereocenters. The topological polar surface area (TPSA) is 135 Å². The fraction of sp³-hybridized carbons (Fsp3) is 0.292. The number of benzene rings is 1. The third kappa shape index (κ3) is 9.40. The maximum absolute atomic E-state index is 12.3. The Kier molecular flexibility index (Phi) is 11.9. The molecular weight excluding hydrogens is 442 g/mol. The molecule has 1 rings (SSSR count). The normalized spacial score (nSPS) is 10.5. The van der Waals surface area contributed by atoms with Gasteiger partial charge in [0.2, 0.25) is 0 Å². The van der Waals surface area contributed by atoms with Gasteiger partial charge < -0.3 is 24.4 Å². The minimum atomic E-state index is -1.22. The van der Waals surface area contributed by atoms with Gasteiger partial charge in [-0.1, -0.05) is 25.3 Å². The number of anilines is 1. The summed E-state index contributed by atoms with van der Waals surface area (Å²) in [6.07, 6.45) is 1.88. The van der Waals surface area contributed by atoms with E-state index in [2.05, 4.69) is 28.1 Å². The van der Waals surface area contributed by atoms with Crippen LogP contribution < -0.4 is 10.2 Å². The van der Waals surface area contributed by atoms with Crippen LogP contribution in [0.15, 0.2) is 55.1 Å². The summed E-state index contributed by atoms with van der Waals surface area (Å²) < 4.78 is 14.3. The van der Waals surface area contributed by atoms with Crippen LogP contribution in [0, 0.1) is 11.3 Å². The zero-order valence-corrected chi connectivity index (χ0v) is 19.1. The fourth-order valence-electron chi connectivity index (χ4n) is 2.62. The van der Waals surface area contributed by atoms with E-state index in [1.807, 2.05) is 26.0 Å². The Bertz CT molecular complexity index is 949. The second-order valence-electron chi connectivity index (χ2n) is 6.62. The van der Waals surface area contributed by atoms with Crippen LogP contribution in [0.4, 0.5) is 10.5 Å². The number of nitrogens with zero attached hydrogens (tertiary/aromatic N) is 2. The number of nitrogens with one attached hydrogen (secondary N) is 1. The Morgan fingerprint density at radius 3 is 2.00 bits per heavy atom. The molecule has 1 N–H and O–H groups in total. The number of nitriles is 1. The molecular formula is C24H27N3O7. The minimum absolute atomic E-state index is 0.390. The van der Waals surface area contributed by atoms with Gasteiger partial charge in [0.1, 0.15) is 30.9 Å². The SMILES string of the molecule is C=CC(=O)OCC(COC(=O)C=C)NC(=O)OC(=O)C(C#N)=Cc1ccc(N(CC)CC)cc1. The Morgan fingerprint density at radius 2 is 1.56 bits per heavy atom. The van der Waals surface area contributed by atoms with Crippen LogP contribution >= 0.6 is 0 Å². The number of esters is 3. The van der Waals surface area contributed by atoms with Crippen LogP contribution in [0.5, 0.6) is 0 Å². The molecule has 1 aromatic carbocycles.